The van der Waals surface area contributed by atoms with E-state index in [9.17, 15) is 13.2 Å². The van der Waals surface area contributed by atoms with Gasteiger partial charge in [-0.2, -0.15) is 0 Å². The SMILES string of the molecule is CCOc1ccc(NS(=O)(=O)c2ccc(NC(=S)NC(=O)COc3ccccc3OC)cc2)cc1. The average Bonchev–Trinajstić information content (AvgIpc) is 2.84. The van der Waals surface area contributed by atoms with Crippen LogP contribution in [0.3, 0.4) is 0 Å². The molecule has 0 aliphatic heterocycles. The van der Waals surface area contributed by atoms with Gasteiger partial charge in [0.1, 0.15) is 5.75 Å². The first-order valence-corrected chi connectivity index (χ1v) is 12.4. The van der Waals surface area contributed by atoms with Crippen molar-refractivity contribution >= 4 is 44.6 Å². The van der Waals surface area contributed by atoms with Crippen LogP contribution in [0.15, 0.2) is 77.7 Å². The van der Waals surface area contributed by atoms with Crippen molar-refractivity contribution in [1.82, 2.24) is 5.32 Å². The van der Waals surface area contributed by atoms with Gasteiger partial charge in [0.25, 0.3) is 15.9 Å². The number of methoxy groups -OCH3 is 1. The number of ether oxygens (including phenoxy) is 3. The molecule has 0 radical (unpaired) electrons. The molecule has 0 unspecified atom stereocenters. The monoisotopic (exact) mass is 515 g/mol. The summed E-state index contributed by atoms with van der Waals surface area (Å²) in [5.74, 6) is 1.13. The van der Waals surface area contributed by atoms with E-state index in [1.54, 1.807) is 48.5 Å². The van der Waals surface area contributed by atoms with E-state index >= 15 is 0 Å². The summed E-state index contributed by atoms with van der Waals surface area (Å²) >= 11 is 5.15. The third kappa shape index (κ3) is 7.59. The van der Waals surface area contributed by atoms with E-state index < -0.39 is 15.9 Å². The molecule has 11 heteroatoms. The van der Waals surface area contributed by atoms with E-state index in [-0.39, 0.29) is 16.6 Å². The standard InChI is InChI=1S/C24H25N3O6S2/c1-3-32-19-12-8-18(9-13-19)27-35(29,30)20-14-10-17(11-15-20)25-24(34)26-23(28)16-33-22-7-5-4-6-21(22)31-2/h4-15,27H,3,16H2,1-2H3,(H2,25,26,28,34). The summed E-state index contributed by atoms with van der Waals surface area (Å²) in [5.41, 5.74) is 0.913. The molecule has 0 bridgehead atoms. The topological polar surface area (TPSA) is 115 Å². The second-order valence-corrected chi connectivity index (χ2v) is 9.12. The van der Waals surface area contributed by atoms with Crippen LogP contribution in [0.4, 0.5) is 11.4 Å². The van der Waals surface area contributed by atoms with Crippen molar-refractivity contribution in [2.75, 3.05) is 30.4 Å². The van der Waals surface area contributed by atoms with Crippen LogP contribution in [0.1, 0.15) is 6.92 Å². The third-order valence-corrected chi connectivity index (χ3v) is 6.12. The second kappa shape index (κ2) is 12.0. The zero-order chi connectivity index (χ0) is 25.3. The third-order valence-electron chi connectivity index (χ3n) is 4.52. The molecule has 0 atom stereocenters. The van der Waals surface area contributed by atoms with Crippen LogP contribution in [0, 0.1) is 0 Å². The Kier molecular flexibility index (Phi) is 8.87. The molecular formula is C24H25N3O6S2. The zero-order valence-electron chi connectivity index (χ0n) is 19.1. The van der Waals surface area contributed by atoms with Crippen LogP contribution in [-0.2, 0) is 14.8 Å². The number of anilines is 2. The Morgan fingerprint density at radius 1 is 0.886 bits per heavy atom. The van der Waals surface area contributed by atoms with Gasteiger partial charge in [-0.15, -0.1) is 0 Å². The van der Waals surface area contributed by atoms with Crippen LogP contribution in [0.2, 0.25) is 0 Å². The van der Waals surface area contributed by atoms with Gasteiger partial charge in [0, 0.05) is 11.4 Å². The van der Waals surface area contributed by atoms with E-state index in [1.807, 2.05) is 6.92 Å². The molecule has 3 rings (SSSR count). The Balaban J connectivity index is 1.52. The number of carbonyl (C=O) groups is 1. The van der Waals surface area contributed by atoms with Crippen LogP contribution in [-0.4, -0.2) is 39.8 Å². The maximum Gasteiger partial charge on any atom is 0.264 e. The lowest BCUT2D eigenvalue weighted by Gasteiger charge is -2.13. The number of carbonyl (C=O) groups excluding carboxylic acids is 1. The van der Waals surface area contributed by atoms with Gasteiger partial charge < -0.3 is 19.5 Å². The van der Waals surface area contributed by atoms with E-state index in [1.165, 1.54) is 31.4 Å². The number of amides is 1. The molecule has 0 aromatic heterocycles. The zero-order valence-corrected chi connectivity index (χ0v) is 20.7. The second-order valence-electron chi connectivity index (χ2n) is 7.03. The number of benzene rings is 3. The number of hydrogen-bond donors (Lipinski definition) is 3. The molecule has 0 aliphatic carbocycles. The van der Waals surface area contributed by atoms with E-state index in [4.69, 9.17) is 26.4 Å². The first kappa shape index (κ1) is 25.8. The Morgan fingerprint density at radius 2 is 1.51 bits per heavy atom. The van der Waals surface area contributed by atoms with E-state index in [2.05, 4.69) is 15.4 Å². The van der Waals surface area contributed by atoms with Crippen LogP contribution in [0.25, 0.3) is 0 Å². The Bertz CT molecular complexity index is 1260. The highest BCUT2D eigenvalue weighted by molar-refractivity contribution is 7.92. The predicted octanol–water partition coefficient (Wildman–Crippen LogP) is 3.79. The molecule has 3 aromatic rings. The Morgan fingerprint density at radius 3 is 2.14 bits per heavy atom. The number of para-hydroxylation sites is 2. The number of hydrogen-bond acceptors (Lipinski definition) is 7. The fourth-order valence-electron chi connectivity index (χ4n) is 2.92. The smallest absolute Gasteiger partial charge is 0.264 e. The molecule has 0 spiro atoms. The van der Waals surface area contributed by atoms with Crippen LogP contribution >= 0.6 is 12.2 Å². The van der Waals surface area contributed by atoms with Crippen LogP contribution < -0.4 is 29.6 Å². The van der Waals surface area contributed by atoms with E-state index in [0.29, 0.717) is 35.2 Å². The van der Waals surface area contributed by atoms with Crippen LogP contribution in [0.5, 0.6) is 17.2 Å². The summed E-state index contributed by atoms with van der Waals surface area (Å²) in [4.78, 5) is 12.2. The average molecular weight is 516 g/mol. The van der Waals surface area contributed by atoms with Crippen molar-refractivity contribution in [3.8, 4) is 17.2 Å². The molecule has 3 aromatic carbocycles. The van der Waals surface area contributed by atoms with Crippen molar-refractivity contribution in [2.45, 2.75) is 11.8 Å². The van der Waals surface area contributed by atoms with Gasteiger partial charge in [-0.25, -0.2) is 8.42 Å². The number of thiocarbonyl (C=S) groups is 1. The van der Waals surface area contributed by atoms with Gasteiger partial charge >= 0.3 is 0 Å². The first-order valence-electron chi connectivity index (χ1n) is 10.5. The van der Waals surface area contributed by atoms with Crippen molar-refractivity contribution < 1.29 is 27.4 Å². The maximum absolute atomic E-state index is 12.7. The maximum atomic E-state index is 12.7. The molecule has 0 fully saturated rings. The highest BCUT2D eigenvalue weighted by Crippen LogP contribution is 2.25. The first-order chi connectivity index (χ1) is 16.8. The molecule has 0 saturated heterocycles. The Hall–Kier alpha value is -3.83. The number of rotatable bonds is 10. The largest absolute Gasteiger partial charge is 0.494 e. The molecule has 3 N–H and O–H groups in total. The molecular weight excluding hydrogens is 490 g/mol. The lowest BCUT2D eigenvalue weighted by molar-refractivity contribution is -0.121. The van der Waals surface area contributed by atoms with Gasteiger partial charge in [-0.05, 0) is 79.8 Å². The summed E-state index contributed by atoms with van der Waals surface area (Å²) in [5, 5.41) is 5.38. The number of nitrogens with one attached hydrogen (secondary N) is 3. The molecule has 0 aliphatic rings. The summed E-state index contributed by atoms with van der Waals surface area (Å²) in [7, 11) is -2.28. The van der Waals surface area contributed by atoms with Crippen molar-refractivity contribution in [3.05, 3.63) is 72.8 Å². The van der Waals surface area contributed by atoms with Gasteiger partial charge in [-0.3, -0.25) is 14.8 Å². The van der Waals surface area contributed by atoms with Gasteiger partial charge in [0.15, 0.2) is 23.2 Å². The van der Waals surface area contributed by atoms with Gasteiger partial charge in [0.05, 0.1) is 18.6 Å². The molecule has 35 heavy (non-hydrogen) atoms. The lowest BCUT2D eigenvalue weighted by Crippen LogP contribution is -2.37. The summed E-state index contributed by atoms with van der Waals surface area (Å²) in [6.45, 7) is 2.12. The minimum Gasteiger partial charge on any atom is -0.494 e. The molecule has 1 amide bonds. The van der Waals surface area contributed by atoms with Crippen molar-refractivity contribution in [3.63, 3.8) is 0 Å². The normalized spacial score (nSPS) is 10.7. The summed E-state index contributed by atoms with van der Waals surface area (Å²) in [6, 6.07) is 19.5. The minimum atomic E-state index is -3.79. The van der Waals surface area contributed by atoms with Gasteiger partial charge in [-0.1, -0.05) is 12.1 Å². The van der Waals surface area contributed by atoms with E-state index in [0.717, 1.165) is 0 Å². The Labute approximate surface area is 209 Å². The lowest BCUT2D eigenvalue weighted by atomic mass is 10.3. The quantitative estimate of drug-likeness (QED) is 0.350. The molecule has 184 valence electrons. The minimum absolute atomic E-state index is 0.0433. The highest BCUT2D eigenvalue weighted by atomic mass is 32.2. The fraction of sp³-hybridized carbons (Fsp3) is 0.167. The molecule has 0 saturated carbocycles. The summed E-state index contributed by atoms with van der Waals surface area (Å²) < 4.78 is 43.8. The molecule has 9 nitrogen and oxygen atoms in total. The predicted molar refractivity (Wildman–Crippen MR) is 138 cm³/mol. The fourth-order valence-corrected chi connectivity index (χ4v) is 4.21. The van der Waals surface area contributed by atoms with Gasteiger partial charge in [0.2, 0.25) is 0 Å². The van der Waals surface area contributed by atoms with Crippen molar-refractivity contribution in [1.29, 1.82) is 0 Å². The summed E-state index contributed by atoms with van der Waals surface area (Å²) in [6.07, 6.45) is 0. The number of sulfonamides is 1. The highest BCUT2D eigenvalue weighted by Gasteiger charge is 2.15. The molecule has 0 heterocycles. The van der Waals surface area contributed by atoms with Crippen molar-refractivity contribution in [2.24, 2.45) is 0 Å².